The number of aliphatic hydroxyl groups excluding tert-OH is 1. The molecule has 0 aromatic rings. The monoisotopic (exact) mass is 249 g/mol. The van der Waals surface area contributed by atoms with Crippen molar-refractivity contribution in [1.82, 2.24) is 5.32 Å². The van der Waals surface area contributed by atoms with Crippen LogP contribution in [0.5, 0.6) is 0 Å². The first kappa shape index (κ1) is 16.2. The zero-order chi connectivity index (χ0) is 12.8. The summed E-state index contributed by atoms with van der Waals surface area (Å²) in [4.78, 5) is 0. The van der Waals surface area contributed by atoms with Gasteiger partial charge < -0.3 is 15.2 Å². The molecule has 0 saturated carbocycles. The molecule has 0 bridgehead atoms. The summed E-state index contributed by atoms with van der Waals surface area (Å²) in [6.07, 6.45) is 1.66. The van der Waals surface area contributed by atoms with Crippen LogP contribution in [-0.2, 0) is 4.74 Å². The van der Waals surface area contributed by atoms with Crippen molar-refractivity contribution in [2.24, 2.45) is 0 Å². The molecule has 98 valence electrons. The largest absolute Gasteiger partial charge is 0.389 e. The zero-order valence-electron chi connectivity index (χ0n) is 11.5. The van der Waals surface area contributed by atoms with Gasteiger partial charge in [-0.25, -0.2) is 0 Å². The summed E-state index contributed by atoms with van der Waals surface area (Å²) >= 11 is 1.82. The van der Waals surface area contributed by atoms with Gasteiger partial charge >= 0.3 is 0 Å². The van der Waals surface area contributed by atoms with Gasteiger partial charge in [0.05, 0.1) is 18.3 Å². The molecule has 0 fully saturated rings. The van der Waals surface area contributed by atoms with Gasteiger partial charge in [-0.3, -0.25) is 0 Å². The lowest BCUT2D eigenvalue weighted by atomic mass is 10.2. The highest BCUT2D eigenvalue weighted by atomic mass is 32.2. The fourth-order valence-electron chi connectivity index (χ4n) is 1.02. The number of rotatable bonds is 7. The topological polar surface area (TPSA) is 41.5 Å². The predicted molar refractivity (Wildman–Crippen MR) is 72.2 cm³/mol. The van der Waals surface area contributed by atoms with Crippen LogP contribution in [0.15, 0.2) is 0 Å². The Balaban J connectivity index is 3.63. The van der Waals surface area contributed by atoms with Gasteiger partial charge in [0, 0.05) is 17.8 Å². The van der Waals surface area contributed by atoms with Gasteiger partial charge in [-0.15, -0.1) is 0 Å². The number of thioether (sulfide) groups is 1. The van der Waals surface area contributed by atoms with Crippen LogP contribution in [0.3, 0.4) is 0 Å². The lowest BCUT2D eigenvalue weighted by Gasteiger charge is -2.25. The van der Waals surface area contributed by atoms with Gasteiger partial charge in [0.2, 0.25) is 0 Å². The summed E-state index contributed by atoms with van der Waals surface area (Å²) < 4.78 is 5.72. The Labute approximate surface area is 104 Å². The summed E-state index contributed by atoms with van der Waals surface area (Å²) in [6, 6.07) is 0. The van der Waals surface area contributed by atoms with Crippen LogP contribution in [0.25, 0.3) is 0 Å². The van der Waals surface area contributed by atoms with E-state index in [1.54, 1.807) is 0 Å². The average molecular weight is 249 g/mol. The fraction of sp³-hybridized carbons (Fsp3) is 1.00. The second-order valence-corrected chi connectivity index (χ2v) is 7.19. The summed E-state index contributed by atoms with van der Waals surface area (Å²) in [6.45, 7) is 12.2. The summed E-state index contributed by atoms with van der Waals surface area (Å²) in [5, 5.41) is 12.9. The minimum atomic E-state index is -0.433. The van der Waals surface area contributed by atoms with E-state index in [0.29, 0.717) is 13.2 Å². The Morgan fingerprint density at radius 1 is 1.25 bits per heavy atom. The molecule has 0 aromatic carbocycles. The molecule has 0 aliphatic rings. The SMILES string of the molecule is CSC(C)(C)CNCC(O)COC(C)(C)C. The molecular formula is C12H27NO2S. The van der Waals surface area contributed by atoms with E-state index < -0.39 is 6.10 Å². The minimum absolute atomic E-state index is 0.181. The van der Waals surface area contributed by atoms with Crippen LogP contribution in [-0.4, -0.2) is 47.5 Å². The molecule has 0 amide bonds. The molecule has 0 aromatic heterocycles. The van der Waals surface area contributed by atoms with Gasteiger partial charge in [0.25, 0.3) is 0 Å². The van der Waals surface area contributed by atoms with Crippen LogP contribution in [0, 0.1) is 0 Å². The van der Waals surface area contributed by atoms with Crippen LogP contribution >= 0.6 is 11.8 Å². The predicted octanol–water partition coefficient (Wildman–Crippen LogP) is 1.89. The molecule has 1 atom stereocenters. The van der Waals surface area contributed by atoms with E-state index in [9.17, 15) is 5.11 Å². The zero-order valence-corrected chi connectivity index (χ0v) is 12.3. The third-order valence-corrected chi connectivity index (χ3v) is 3.44. The maximum atomic E-state index is 9.69. The van der Waals surface area contributed by atoms with Gasteiger partial charge in [-0.2, -0.15) is 11.8 Å². The van der Waals surface area contributed by atoms with Crippen molar-refractivity contribution in [1.29, 1.82) is 0 Å². The van der Waals surface area contributed by atoms with Crippen molar-refractivity contribution in [3.8, 4) is 0 Å². The smallest absolute Gasteiger partial charge is 0.0897 e. The molecule has 0 aliphatic heterocycles. The Morgan fingerprint density at radius 2 is 1.81 bits per heavy atom. The molecule has 0 saturated heterocycles. The highest BCUT2D eigenvalue weighted by Gasteiger charge is 2.17. The molecule has 0 radical (unpaired) electrons. The standard InChI is InChI=1S/C12H27NO2S/c1-11(2,3)15-8-10(14)7-13-9-12(4,5)16-6/h10,13-14H,7-9H2,1-6H3. The Bertz CT molecular complexity index is 190. The third-order valence-electron chi connectivity index (χ3n) is 2.19. The second kappa shape index (κ2) is 6.84. The molecular weight excluding hydrogens is 222 g/mol. The number of hydrogen-bond donors (Lipinski definition) is 2. The van der Waals surface area contributed by atoms with Crippen molar-refractivity contribution in [3.63, 3.8) is 0 Å². The molecule has 0 rings (SSSR count). The normalized spacial score (nSPS) is 15.2. The second-order valence-electron chi connectivity index (χ2n) is 5.67. The molecule has 2 N–H and O–H groups in total. The quantitative estimate of drug-likeness (QED) is 0.723. The molecule has 0 spiro atoms. The summed E-state index contributed by atoms with van der Waals surface area (Å²) in [7, 11) is 0. The van der Waals surface area contributed by atoms with Gasteiger partial charge in [-0.05, 0) is 40.9 Å². The summed E-state index contributed by atoms with van der Waals surface area (Å²) in [5.74, 6) is 0. The number of ether oxygens (including phenoxy) is 1. The molecule has 1 unspecified atom stereocenters. The van der Waals surface area contributed by atoms with Crippen molar-refractivity contribution in [3.05, 3.63) is 0 Å². The minimum Gasteiger partial charge on any atom is -0.389 e. The molecule has 4 heteroatoms. The molecule has 16 heavy (non-hydrogen) atoms. The summed E-state index contributed by atoms with van der Waals surface area (Å²) in [5.41, 5.74) is -0.181. The average Bonchev–Trinajstić information content (AvgIpc) is 2.13. The first-order chi connectivity index (χ1) is 7.16. The number of aliphatic hydroxyl groups is 1. The lowest BCUT2D eigenvalue weighted by molar-refractivity contribution is -0.0478. The first-order valence-corrected chi connectivity index (χ1v) is 6.97. The van der Waals surface area contributed by atoms with E-state index in [0.717, 1.165) is 6.54 Å². The van der Waals surface area contributed by atoms with Crippen molar-refractivity contribution < 1.29 is 9.84 Å². The Morgan fingerprint density at radius 3 is 2.25 bits per heavy atom. The van der Waals surface area contributed by atoms with Gasteiger partial charge in [0.15, 0.2) is 0 Å². The van der Waals surface area contributed by atoms with E-state index in [1.165, 1.54) is 0 Å². The molecule has 3 nitrogen and oxygen atoms in total. The van der Waals surface area contributed by atoms with E-state index in [1.807, 2.05) is 32.5 Å². The Hall–Kier alpha value is 0.230. The van der Waals surface area contributed by atoms with E-state index in [4.69, 9.17) is 4.74 Å². The van der Waals surface area contributed by atoms with E-state index in [-0.39, 0.29) is 10.3 Å². The fourth-order valence-corrected chi connectivity index (χ4v) is 1.26. The van der Waals surface area contributed by atoms with Crippen molar-refractivity contribution >= 4 is 11.8 Å². The molecule has 0 aliphatic carbocycles. The van der Waals surface area contributed by atoms with Crippen LogP contribution in [0.1, 0.15) is 34.6 Å². The first-order valence-electron chi connectivity index (χ1n) is 5.74. The lowest BCUT2D eigenvalue weighted by Crippen LogP contribution is -2.39. The number of nitrogens with one attached hydrogen (secondary N) is 1. The van der Waals surface area contributed by atoms with E-state index >= 15 is 0 Å². The van der Waals surface area contributed by atoms with Crippen molar-refractivity contribution in [2.75, 3.05) is 26.0 Å². The Kier molecular flexibility index (Phi) is 6.94. The van der Waals surface area contributed by atoms with Crippen molar-refractivity contribution in [2.45, 2.75) is 51.1 Å². The van der Waals surface area contributed by atoms with Crippen LogP contribution < -0.4 is 5.32 Å². The maximum Gasteiger partial charge on any atom is 0.0897 e. The van der Waals surface area contributed by atoms with Gasteiger partial charge in [0.1, 0.15) is 0 Å². The highest BCUT2D eigenvalue weighted by Crippen LogP contribution is 2.19. The van der Waals surface area contributed by atoms with Crippen LogP contribution in [0.4, 0.5) is 0 Å². The number of hydrogen-bond acceptors (Lipinski definition) is 4. The van der Waals surface area contributed by atoms with E-state index in [2.05, 4.69) is 25.4 Å². The maximum absolute atomic E-state index is 9.69. The van der Waals surface area contributed by atoms with Gasteiger partial charge in [-0.1, -0.05) is 0 Å². The third kappa shape index (κ3) is 9.46. The molecule has 0 heterocycles. The van der Waals surface area contributed by atoms with Crippen LogP contribution in [0.2, 0.25) is 0 Å². The highest BCUT2D eigenvalue weighted by molar-refractivity contribution is 7.99.